The van der Waals surface area contributed by atoms with Gasteiger partial charge in [-0.2, -0.15) is 0 Å². The third kappa shape index (κ3) is 8.03. The van der Waals surface area contributed by atoms with Crippen molar-refractivity contribution in [1.82, 2.24) is 10.2 Å². The fourth-order valence-corrected chi connectivity index (χ4v) is 6.99. The molecule has 2 heterocycles. The first-order valence-corrected chi connectivity index (χ1v) is 16.7. The maximum Gasteiger partial charge on any atom is 0.356 e. The fourth-order valence-electron chi connectivity index (χ4n) is 5.60. The number of nitrogens with one attached hydrogen (secondary N) is 1. The van der Waals surface area contributed by atoms with Gasteiger partial charge in [-0.3, -0.25) is 24.1 Å². The number of methoxy groups -OCH3 is 1. The summed E-state index contributed by atoms with van der Waals surface area (Å²) in [5.74, 6) is -5.19. The number of fused-ring (bicyclic) bond motifs is 1. The van der Waals surface area contributed by atoms with Gasteiger partial charge in [-0.05, 0) is 37.5 Å². The van der Waals surface area contributed by atoms with Crippen LogP contribution in [-0.2, 0) is 42.9 Å². The zero-order chi connectivity index (χ0) is 35.3. The topological polar surface area (TPSA) is 138 Å². The SMILES string of the molecule is CO[C@@H]1C(=O)N2C(C(=O)OC(c3ccccc3)c3ccccc3)=C(C(NC(=O)C(C(=O)OC(C)(C)C)c3ccccc3)OC(C)=O)CS[C@H]12. The second-order valence-electron chi connectivity index (χ2n) is 12.4. The zero-order valence-corrected chi connectivity index (χ0v) is 28.6. The number of thioether (sulfide) groups is 1. The van der Waals surface area contributed by atoms with Crippen molar-refractivity contribution in [3.8, 4) is 0 Å². The molecule has 1 saturated heterocycles. The molecular weight excluding hydrogens is 648 g/mol. The summed E-state index contributed by atoms with van der Waals surface area (Å²) in [4.78, 5) is 68.9. The van der Waals surface area contributed by atoms with Gasteiger partial charge < -0.3 is 24.3 Å². The van der Waals surface area contributed by atoms with Gasteiger partial charge in [0.05, 0.1) is 0 Å². The predicted molar refractivity (Wildman–Crippen MR) is 180 cm³/mol. The van der Waals surface area contributed by atoms with Crippen LogP contribution in [0.1, 0.15) is 56.4 Å². The Morgan fingerprint density at radius 2 is 1.37 bits per heavy atom. The number of ether oxygens (including phenoxy) is 4. The van der Waals surface area contributed by atoms with Gasteiger partial charge in [0.15, 0.2) is 18.1 Å². The van der Waals surface area contributed by atoms with Gasteiger partial charge in [0.25, 0.3) is 5.91 Å². The molecule has 3 aromatic rings. The smallest absolute Gasteiger partial charge is 0.356 e. The third-order valence-electron chi connectivity index (χ3n) is 7.74. The van der Waals surface area contributed by atoms with Crippen molar-refractivity contribution in [2.75, 3.05) is 12.9 Å². The van der Waals surface area contributed by atoms with E-state index in [1.807, 2.05) is 60.7 Å². The average Bonchev–Trinajstić information content (AvgIpc) is 3.06. The van der Waals surface area contributed by atoms with Gasteiger partial charge in [0, 0.05) is 25.4 Å². The second-order valence-corrected chi connectivity index (χ2v) is 13.5. The molecule has 12 heteroatoms. The summed E-state index contributed by atoms with van der Waals surface area (Å²) in [6.45, 7) is 6.19. The largest absolute Gasteiger partial charge is 0.459 e. The Morgan fingerprint density at radius 3 is 1.86 bits per heavy atom. The van der Waals surface area contributed by atoms with Crippen LogP contribution >= 0.6 is 11.8 Å². The molecule has 0 radical (unpaired) electrons. The summed E-state index contributed by atoms with van der Waals surface area (Å²) in [5, 5.41) is 2.09. The van der Waals surface area contributed by atoms with E-state index in [9.17, 15) is 24.0 Å². The van der Waals surface area contributed by atoms with Crippen molar-refractivity contribution < 1.29 is 42.9 Å². The highest BCUT2D eigenvalue weighted by Gasteiger charge is 2.55. The predicted octanol–water partition coefficient (Wildman–Crippen LogP) is 4.63. The minimum Gasteiger partial charge on any atom is -0.459 e. The molecule has 11 nitrogen and oxygen atoms in total. The summed E-state index contributed by atoms with van der Waals surface area (Å²) in [5.41, 5.74) is 0.731. The van der Waals surface area contributed by atoms with Gasteiger partial charge in [0.1, 0.15) is 16.7 Å². The number of hydrogen-bond acceptors (Lipinski definition) is 10. The maximum absolute atomic E-state index is 14.3. The quantitative estimate of drug-likeness (QED) is 0.0999. The Hall–Kier alpha value is -4.94. The van der Waals surface area contributed by atoms with E-state index in [4.69, 9.17) is 18.9 Å². The number of amides is 2. The van der Waals surface area contributed by atoms with Crippen LogP contribution < -0.4 is 5.32 Å². The fraction of sp³-hybridized carbons (Fsp3) is 0.324. The summed E-state index contributed by atoms with van der Waals surface area (Å²) in [6.07, 6.45) is -3.22. The van der Waals surface area contributed by atoms with Crippen molar-refractivity contribution in [2.24, 2.45) is 0 Å². The molecule has 0 spiro atoms. The number of hydrogen-bond donors (Lipinski definition) is 1. The van der Waals surface area contributed by atoms with E-state index < -0.39 is 65.1 Å². The first kappa shape index (κ1) is 35.4. The van der Waals surface area contributed by atoms with Crippen LogP contribution in [0.3, 0.4) is 0 Å². The molecule has 256 valence electrons. The molecule has 0 saturated carbocycles. The van der Waals surface area contributed by atoms with Crippen molar-refractivity contribution in [3.63, 3.8) is 0 Å². The highest BCUT2D eigenvalue weighted by molar-refractivity contribution is 8.00. The zero-order valence-electron chi connectivity index (χ0n) is 27.8. The summed E-state index contributed by atoms with van der Waals surface area (Å²) in [6, 6.07) is 26.5. The number of carbonyl (C=O) groups is 5. The lowest BCUT2D eigenvalue weighted by Crippen LogP contribution is -2.66. The highest BCUT2D eigenvalue weighted by Crippen LogP contribution is 2.43. The summed E-state index contributed by atoms with van der Waals surface area (Å²) in [7, 11) is 1.40. The highest BCUT2D eigenvalue weighted by atomic mass is 32.2. The lowest BCUT2D eigenvalue weighted by atomic mass is 9.97. The molecule has 0 aliphatic carbocycles. The Kier molecular flexibility index (Phi) is 10.9. The minimum atomic E-state index is -1.55. The van der Waals surface area contributed by atoms with Crippen LogP contribution in [0.25, 0.3) is 0 Å². The lowest BCUT2D eigenvalue weighted by Gasteiger charge is -2.49. The van der Waals surface area contributed by atoms with Gasteiger partial charge in [-0.25, -0.2) is 4.79 Å². The molecule has 2 unspecified atom stereocenters. The Balaban J connectivity index is 1.57. The summed E-state index contributed by atoms with van der Waals surface area (Å²) >= 11 is 1.27. The Morgan fingerprint density at radius 1 is 0.837 bits per heavy atom. The van der Waals surface area contributed by atoms with Crippen LogP contribution in [0.5, 0.6) is 0 Å². The van der Waals surface area contributed by atoms with Crippen LogP contribution in [0.2, 0.25) is 0 Å². The van der Waals surface area contributed by atoms with Crippen LogP contribution in [-0.4, -0.2) is 70.8 Å². The van der Waals surface area contributed by atoms with E-state index >= 15 is 0 Å². The molecule has 2 aliphatic heterocycles. The number of nitrogens with zero attached hydrogens (tertiary/aromatic N) is 1. The number of β-lactam (4-membered cyclic amide) rings is 1. The van der Waals surface area contributed by atoms with E-state index in [1.165, 1.54) is 23.8 Å². The third-order valence-corrected chi connectivity index (χ3v) is 9.01. The van der Waals surface area contributed by atoms with E-state index in [1.54, 1.807) is 51.1 Å². The number of benzene rings is 3. The van der Waals surface area contributed by atoms with Gasteiger partial charge in [-0.15, -0.1) is 11.8 Å². The van der Waals surface area contributed by atoms with E-state index in [2.05, 4.69) is 5.32 Å². The Labute approximate surface area is 288 Å². The average molecular weight is 687 g/mol. The van der Waals surface area contributed by atoms with Gasteiger partial charge >= 0.3 is 17.9 Å². The summed E-state index contributed by atoms with van der Waals surface area (Å²) < 4.78 is 22.7. The molecule has 2 aliphatic rings. The standard InChI is InChI=1S/C37H38N2O9S/c1-22(40)46-32(38-31(41)27(23-15-9-6-10-16-23)35(43)48-37(2,3)4)26-21-49-34-30(45-5)33(42)39(34)28(26)36(44)47-29(24-17-11-7-12-18-24)25-19-13-8-14-20-25/h6-20,27,29-30,32,34H,21H2,1-5H3,(H,38,41)/t27?,30-,32?,34-/m1/s1. The van der Waals surface area contributed by atoms with Crippen molar-refractivity contribution in [1.29, 1.82) is 0 Å². The van der Waals surface area contributed by atoms with Crippen LogP contribution in [0.4, 0.5) is 0 Å². The maximum atomic E-state index is 14.3. The first-order chi connectivity index (χ1) is 23.4. The van der Waals surface area contributed by atoms with Gasteiger partial charge in [-0.1, -0.05) is 91.0 Å². The Bertz CT molecular complexity index is 1690. The molecule has 1 fully saturated rings. The molecule has 1 N–H and O–H groups in total. The monoisotopic (exact) mass is 686 g/mol. The van der Waals surface area contributed by atoms with Crippen molar-refractivity contribution >= 4 is 41.5 Å². The van der Waals surface area contributed by atoms with Crippen molar-refractivity contribution in [3.05, 3.63) is 119 Å². The second kappa shape index (κ2) is 15.1. The minimum absolute atomic E-state index is 0.0563. The molecule has 4 atom stereocenters. The molecule has 5 rings (SSSR count). The normalized spacial score (nSPS) is 18.5. The molecule has 49 heavy (non-hydrogen) atoms. The number of carbonyl (C=O) groups excluding carboxylic acids is 5. The van der Waals surface area contributed by atoms with Crippen molar-refractivity contribution in [2.45, 2.75) is 63.0 Å². The van der Waals surface area contributed by atoms with Gasteiger partial charge in [0.2, 0.25) is 12.1 Å². The molecule has 0 aromatic heterocycles. The number of rotatable bonds is 11. The number of esters is 3. The van der Waals surface area contributed by atoms with E-state index in [0.717, 1.165) is 6.92 Å². The first-order valence-electron chi connectivity index (χ1n) is 15.7. The molecule has 0 bridgehead atoms. The van der Waals surface area contributed by atoms with E-state index in [0.29, 0.717) is 16.7 Å². The van der Waals surface area contributed by atoms with Crippen LogP contribution in [0.15, 0.2) is 102 Å². The van der Waals surface area contributed by atoms with E-state index in [-0.39, 0.29) is 17.0 Å². The lowest BCUT2D eigenvalue weighted by molar-refractivity contribution is -0.164. The molecular formula is C37H38N2O9S. The van der Waals surface area contributed by atoms with Crippen LogP contribution in [0, 0.1) is 0 Å². The molecule has 3 aromatic carbocycles. The molecule has 2 amide bonds.